The van der Waals surface area contributed by atoms with E-state index in [1.165, 1.54) is 17.4 Å². The molecule has 3 N–H and O–H groups in total. The van der Waals surface area contributed by atoms with Crippen LogP contribution in [-0.2, 0) is 13.0 Å². The minimum absolute atomic E-state index is 0.170. The number of primary amides is 1. The molecule has 0 aliphatic carbocycles. The van der Waals surface area contributed by atoms with Crippen molar-refractivity contribution in [2.75, 3.05) is 6.54 Å². The molecule has 2 rings (SSSR count). The van der Waals surface area contributed by atoms with Crippen LogP contribution in [-0.4, -0.2) is 12.5 Å². The van der Waals surface area contributed by atoms with E-state index in [1.54, 1.807) is 23.6 Å². The van der Waals surface area contributed by atoms with Crippen molar-refractivity contribution in [1.29, 1.82) is 0 Å². The van der Waals surface area contributed by atoms with Crippen LogP contribution in [0.1, 0.15) is 20.8 Å². The molecule has 0 spiro atoms. The zero-order valence-corrected chi connectivity index (χ0v) is 11.2. The Morgan fingerprint density at radius 2 is 2.16 bits per heavy atom. The van der Waals surface area contributed by atoms with Crippen molar-refractivity contribution in [2.24, 2.45) is 5.73 Å². The molecule has 1 aromatic heterocycles. The minimum Gasteiger partial charge on any atom is -0.366 e. The van der Waals surface area contributed by atoms with Gasteiger partial charge in [0.1, 0.15) is 5.82 Å². The molecule has 0 aliphatic heterocycles. The smallest absolute Gasteiger partial charge is 0.249 e. The van der Waals surface area contributed by atoms with E-state index in [2.05, 4.69) is 5.32 Å². The van der Waals surface area contributed by atoms with Gasteiger partial charge in [0.2, 0.25) is 5.91 Å². The van der Waals surface area contributed by atoms with Crippen molar-refractivity contribution < 1.29 is 9.18 Å². The van der Waals surface area contributed by atoms with Gasteiger partial charge in [-0.2, -0.15) is 0 Å². The molecule has 0 atom stereocenters. The zero-order chi connectivity index (χ0) is 13.7. The number of hydrogen-bond acceptors (Lipinski definition) is 3. The van der Waals surface area contributed by atoms with Gasteiger partial charge in [0.25, 0.3) is 0 Å². The number of benzene rings is 1. The van der Waals surface area contributed by atoms with Crippen LogP contribution in [0.15, 0.2) is 35.7 Å². The highest BCUT2D eigenvalue weighted by atomic mass is 32.1. The van der Waals surface area contributed by atoms with Crippen LogP contribution in [0, 0.1) is 5.82 Å². The first-order chi connectivity index (χ1) is 9.16. The molecular weight excluding hydrogens is 263 g/mol. The van der Waals surface area contributed by atoms with E-state index in [4.69, 9.17) is 5.73 Å². The fourth-order valence-corrected chi connectivity index (χ4v) is 2.58. The second-order valence-corrected chi connectivity index (χ2v) is 5.18. The predicted octanol–water partition coefficient (Wildman–Crippen LogP) is 2.32. The van der Waals surface area contributed by atoms with Gasteiger partial charge in [0.05, 0.1) is 5.56 Å². The van der Waals surface area contributed by atoms with Gasteiger partial charge in [-0.3, -0.25) is 4.79 Å². The lowest BCUT2D eigenvalue weighted by molar-refractivity contribution is 0.100. The van der Waals surface area contributed by atoms with Crippen LogP contribution in [0.4, 0.5) is 4.39 Å². The number of carbonyl (C=O) groups excluding carboxylic acids is 1. The van der Waals surface area contributed by atoms with Crippen molar-refractivity contribution in [3.8, 4) is 0 Å². The van der Waals surface area contributed by atoms with E-state index >= 15 is 0 Å². The largest absolute Gasteiger partial charge is 0.366 e. The third-order valence-electron chi connectivity index (χ3n) is 2.77. The van der Waals surface area contributed by atoms with Crippen LogP contribution < -0.4 is 11.1 Å². The molecule has 0 unspecified atom stereocenters. The molecule has 19 heavy (non-hydrogen) atoms. The number of hydrogen-bond donors (Lipinski definition) is 2. The molecule has 0 radical (unpaired) electrons. The Hall–Kier alpha value is -1.72. The molecule has 3 nitrogen and oxygen atoms in total. The van der Waals surface area contributed by atoms with E-state index in [0.29, 0.717) is 30.6 Å². The molecule has 0 bridgehead atoms. The lowest BCUT2D eigenvalue weighted by atomic mass is 10.1. The quantitative estimate of drug-likeness (QED) is 0.797. The van der Waals surface area contributed by atoms with Crippen molar-refractivity contribution in [3.05, 3.63) is 57.5 Å². The second-order valence-electron chi connectivity index (χ2n) is 4.18. The predicted molar refractivity (Wildman–Crippen MR) is 74.6 cm³/mol. The maximum atomic E-state index is 13.4. The number of carbonyl (C=O) groups is 1. The first-order valence-electron chi connectivity index (χ1n) is 5.98. The maximum Gasteiger partial charge on any atom is 0.249 e. The first-order valence-corrected chi connectivity index (χ1v) is 6.86. The summed E-state index contributed by atoms with van der Waals surface area (Å²) in [7, 11) is 0. The molecule has 5 heteroatoms. The van der Waals surface area contributed by atoms with E-state index in [9.17, 15) is 9.18 Å². The fraction of sp³-hybridized carbons (Fsp3) is 0.214. The number of thiophene rings is 1. The molecule has 0 saturated carbocycles. The normalized spacial score (nSPS) is 10.6. The highest BCUT2D eigenvalue weighted by molar-refractivity contribution is 7.10. The van der Waals surface area contributed by atoms with Gasteiger partial charge in [-0.25, -0.2) is 4.39 Å². The monoisotopic (exact) mass is 278 g/mol. The number of nitrogens with two attached hydrogens (primary N) is 1. The maximum absolute atomic E-state index is 13.4. The second kappa shape index (κ2) is 6.45. The summed E-state index contributed by atoms with van der Waals surface area (Å²) in [4.78, 5) is 12.0. The molecular formula is C14H15FN2OS. The average molecular weight is 278 g/mol. The summed E-state index contributed by atoms with van der Waals surface area (Å²) in [6.45, 7) is 1.34. The Morgan fingerprint density at radius 3 is 2.84 bits per heavy atom. The van der Waals surface area contributed by atoms with Gasteiger partial charge in [0.15, 0.2) is 0 Å². The summed E-state index contributed by atoms with van der Waals surface area (Å²) in [5.74, 6) is -0.578. The van der Waals surface area contributed by atoms with Crippen LogP contribution in [0.5, 0.6) is 0 Å². The van der Waals surface area contributed by atoms with Crippen LogP contribution >= 0.6 is 11.3 Å². The summed E-state index contributed by atoms with van der Waals surface area (Å²) in [6, 6.07) is 8.55. The zero-order valence-electron chi connectivity index (χ0n) is 10.4. The summed E-state index contributed by atoms with van der Waals surface area (Å²) in [5.41, 5.74) is 6.43. The molecule has 2 aromatic rings. The van der Waals surface area contributed by atoms with Gasteiger partial charge < -0.3 is 11.1 Å². The lowest BCUT2D eigenvalue weighted by Gasteiger charge is -2.04. The first kappa shape index (κ1) is 13.7. The van der Waals surface area contributed by atoms with E-state index < -0.39 is 5.91 Å². The van der Waals surface area contributed by atoms with Crippen molar-refractivity contribution in [2.45, 2.75) is 13.0 Å². The van der Waals surface area contributed by atoms with Crippen LogP contribution in [0.3, 0.4) is 0 Å². The number of nitrogens with one attached hydrogen (secondary N) is 1. The average Bonchev–Trinajstić information content (AvgIpc) is 2.85. The molecule has 1 heterocycles. The van der Waals surface area contributed by atoms with Crippen molar-refractivity contribution >= 4 is 17.2 Å². The highest BCUT2D eigenvalue weighted by Crippen LogP contribution is 2.14. The molecule has 0 aliphatic rings. The fourth-order valence-electron chi connectivity index (χ4n) is 1.74. The summed E-state index contributed by atoms with van der Waals surface area (Å²) < 4.78 is 13.4. The van der Waals surface area contributed by atoms with Gasteiger partial charge in [-0.1, -0.05) is 18.2 Å². The van der Waals surface area contributed by atoms with Gasteiger partial charge >= 0.3 is 0 Å². The van der Waals surface area contributed by atoms with E-state index in [0.717, 1.165) is 4.88 Å². The number of rotatable bonds is 6. The third-order valence-corrected chi connectivity index (χ3v) is 3.70. The number of amides is 1. The Labute approximate surface area is 115 Å². The Kier molecular flexibility index (Phi) is 4.65. The summed E-state index contributed by atoms with van der Waals surface area (Å²) in [6.07, 6.45) is 0.640. The highest BCUT2D eigenvalue weighted by Gasteiger charge is 2.04. The molecule has 1 amide bonds. The van der Waals surface area contributed by atoms with Crippen molar-refractivity contribution in [3.63, 3.8) is 0 Å². The summed E-state index contributed by atoms with van der Waals surface area (Å²) in [5, 5.41) is 4.97. The van der Waals surface area contributed by atoms with E-state index in [1.807, 2.05) is 6.07 Å². The minimum atomic E-state index is -0.408. The topological polar surface area (TPSA) is 55.1 Å². The summed E-state index contributed by atoms with van der Waals surface area (Å²) >= 11 is 1.49. The Bertz CT molecular complexity index is 568. The number of halogens is 1. The molecule has 0 saturated heterocycles. The van der Waals surface area contributed by atoms with Crippen LogP contribution in [0.2, 0.25) is 0 Å². The molecule has 100 valence electrons. The SMILES string of the molecule is NC(=O)c1csc(CNCCc2ccccc2F)c1. The third kappa shape index (κ3) is 3.87. The Morgan fingerprint density at radius 1 is 1.37 bits per heavy atom. The van der Waals surface area contributed by atoms with Gasteiger partial charge in [0, 0.05) is 16.8 Å². The Balaban J connectivity index is 1.77. The standard InChI is InChI=1S/C14H15FN2OS/c15-13-4-2-1-3-10(13)5-6-17-8-12-7-11(9-19-12)14(16)18/h1-4,7,9,17H,5-6,8H2,(H2,16,18). The molecule has 1 aromatic carbocycles. The molecule has 0 fully saturated rings. The van der Waals surface area contributed by atoms with Gasteiger partial charge in [-0.05, 0) is 30.7 Å². The van der Waals surface area contributed by atoms with Crippen molar-refractivity contribution in [1.82, 2.24) is 5.32 Å². The van der Waals surface area contributed by atoms with Gasteiger partial charge in [-0.15, -0.1) is 11.3 Å². The van der Waals surface area contributed by atoms with Crippen LogP contribution in [0.25, 0.3) is 0 Å². The lowest BCUT2D eigenvalue weighted by Crippen LogP contribution is -2.16. The van der Waals surface area contributed by atoms with E-state index in [-0.39, 0.29) is 5.82 Å².